The molecule has 80 valence electrons. The summed E-state index contributed by atoms with van der Waals surface area (Å²) >= 11 is 1.56. The Hall–Kier alpha value is -0.750. The molecule has 0 unspecified atom stereocenters. The number of thioether (sulfide) groups is 1. The standard InChI is InChI=1S/C8H15N3O2S/c1-11-7(13)9-10-8(11)14-6-4-2-3-5-12/h12H,2-6H2,1H3,(H,9,13). The molecular formula is C8H15N3O2S. The first-order chi connectivity index (χ1) is 6.75. The normalized spacial score (nSPS) is 10.7. The molecule has 1 aromatic rings. The Balaban J connectivity index is 2.25. The second kappa shape index (κ2) is 5.87. The van der Waals surface area contributed by atoms with E-state index in [0.29, 0.717) is 0 Å². The Kier molecular flexibility index (Phi) is 4.75. The van der Waals surface area contributed by atoms with Gasteiger partial charge >= 0.3 is 5.69 Å². The van der Waals surface area contributed by atoms with Crippen LogP contribution in [0, 0.1) is 0 Å². The van der Waals surface area contributed by atoms with Crippen molar-refractivity contribution in [3.63, 3.8) is 0 Å². The summed E-state index contributed by atoms with van der Waals surface area (Å²) in [6, 6.07) is 0. The van der Waals surface area contributed by atoms with Crippen LogP contribution in [0.15, 0.2) is 9.95 Å². The number of H-pyrrole nitrogens is 1. The largest absolute Gasteiger partial charge is 0.396 e. The van der Waals surface area contributed by atoms with Crippen molar-refractivity contribution in [1.82, 2.24) is 14.8 Å². The van der Waals surface area contributed by atoms with Crippen molar-refractivity contribution in [3.05, 3.63) is 10.5 Å². The molecule has 0 bridgehead atoms. The fraction of sp³-hybridized carbons (Fsp3) is 0.750. The third-order valence-electron chi connectivity index (χ3n) is 1.87. The molecule has 2 N–H and O–H groups in total. The number of nitrogens with zero attached hydrogens (tertiary/aromatic N) is 2. The first kappa shape index (κ1) is 11.3. The molecule has 1 aromatic heterocycles. The SMILES string of the molecule is Cn1c(SCCCCCO)n[nH]c1=O. The molecule has 0 atom stereocenters. The van der Waals surface area contributed by atoms with Gasteiger partial charge in [-0.3, -0.25) is 4.57 Å². The zero-order chi connectivity index (χ0) is 10.4. The fourth-order valence-electron chi connectivity index (χ4n) is 1.02. The molecule has 0 spiro atoms. The summed E-state index contributed by atoms with van der Waals surface area (Å²) in [6.45, 7) is 0.256. The molecule has 0 saturated heterocycles. The molecule has 0 aliphatic heterocycles. The average Bonchev–Trinajstić information content (AvgIpc) is 2.49. The van der Waals surface area contributed by atoms with E-state index in [-0.39, 0.29) is 12.3 Å². The first-order valence-electron chi connectivity index (χ1n) is 4.60. The third-order valence-corrected chi connectivity index (χ3v) is 2.99. The molecule has 0 aromatic carbocycles. The van der Waals surface area contributed by atoms with E-state index in [0.717, 1.165) is 30.2 Å². The maximum Gasteiger partial charge on any atom is 0.343 e. The molecule has 5 nitrogen and oxygen atoms in total. The predicted octanol–water partition coefficient (Wildman–Crippen LogP) is 0.363. The molecule has 0 saturated carbocycles. The lowest BCUT2D eigenvalue weighted by Gasteiger charge is -1.99. The van der Waals surface area contributed by atoms with Gasteiger partial charge in [-0.2, -0.15) is 0 Å². The average molecular weight is 217 g/mol. The van der Waals surface area contributed by atoms with Crippen molar-refractivity contribution in [2.45, 2.75) is 24.4 Å². The molecule has 14 heavy (non-hydrogen) atoms. The Morgan fingerprint density at radius 3 is 2.86 bits per heavy atom. The minimum absolute atomic E-state index is 0.178. The first-order valence-corrected chi connectivity index (χ1v) is 5.59. The van der Waals surface area contributed by atoms with Crippen molar-refractivity contribution in [1.29, 1.82) is 0 Å². The number of unbranched alkanes of at least 4 members (excludes halogenated alkanes) is 2. The smallest absolute Gasteiger partial charge is 0.343 e. The number of aliphatic hydroxyl groups is 1. The topological polar surface area (TPSA) is 70.9 Å². The summed E-state index contributed by atoms with van der Waals surface area (Å²) in [5.74, 6) is 0.929. The summed E-state index contributed by atoms with van der Waals surface area (Å²) in [5.41, 5.74) is -0.178. The van der Waals surface area contributed by atoms with Crippen molar-refractivity contribution in [2.24, 2.45) is 7.05 Å². The highest BCUT2D eigenvalue weighted by molar-refractivity contribution is 7.99. The number of aliphatic hydroxyl groups excluding tert-OH is 1. The van der Waals surface area contributed by atoms with Gasteiger partial charge in [0.05, 0.1) is 0 Å². The fourth-order valence-corrected chi connectivity index (χ4v) is 1.93. The number of aromatic amines is 1. The van der Waals surface area contributed by atoms with E-state index >= 15 is 0 Å². The van der Waals surface area contributed by atoms with Gasteiger partial charge in [-0.15, -0.1) is 5.10 Å². The minimum Gasteiger partial charge on any atom is -0.396 e. The van der Waals surface area contributed by atoms with Crippen LogP contribution in [0.1, 0.15) is 19.3 Å². The highest BCUT2D eigenvalue weighted by atomic mass is 32.2. The molecule has 6 heteroatoms. The Labute approximate surface area is 86.5 Å². The van der Waals surface area contributed by atoms with Gasteiger partial charge in [-0.25, -0.2) is 9.89 Å². The summed E-state index contributed by atoms with van der Waals surface area (Å²) in [7, 11) is 1.70. The number of hydrogen-bond acceptors (Lipinski definition) is 4. The quantitative estimate of drug-likeness (QED) is 0.533. The summed E-state index contributed by atoms with van der Waals surface area (Å²) in [4.78, 5) is 11.0. The summed E-state index contributed by atoms with van der Waals surface area (Å²) < 4.78 is 1.50. The summed E-state index contributed by atoms with van der Waals surface area (Å²) in [6.07, 6.45) is 2.90. The Bertz CT molecular complexity index is 321. The van der Waals surface area contributed by atoms with E-state index in [1.807, 2.05) is 0 Å². The van der Waals surface area contributed by atoms with Gasteiger partial charge < -0.3 is 5.11 Å². The Morgan fingerprint density at radius 2 is 2.29 bits per heavy atom. The van der Waals surface area contributed by atoms with Crippen LogP contribution in [-0.2, 0) is 7.05 Å². The van der Waals surface area contributed by atoms with E-state index in [1.54, 1.807) is 18.8 Å². The minimum atomic E-state index is -0.178. The third kappa shape index (κ3) is 3.19. The highest BCUT2D eigenvalue weighted by Crippen LogP contribution is 2.14. The molecule has 1 rings (SSSR count). The van der Waals surface area contributed by atoms with Gasteiger partial charge in [0.2, 0.25) is 0 Å². The van der Waals surface area contributed by atoms with Crippen LogP contribution in [0.5, 0.6) is 0 Å². The molecular weight excluding hydrogens is 202 g/mol. The van der Waals surface area contributed by atoms with Crippen molar-refractivity contribution in [3.8, 4) is 0 Å². The monoisotopic (exact) mass is 217 g/mol. The van der Waals surface area contributed by atoms with E-state index < -0.39 is 0 Å². The molecule has 0 radical (unpaired) electrons. The molecule has 0 aliphatic rings. The molecule has 0 aliphatic carbocycles. The zero-order valence-electron chi connectivity index (χ0n) is 8.19. The molecule has 0 amide bonds. The molecule has 1 heterocycles. The van der Waals surface area contributed by atoms with Crippen LogP contribution >= 0.6 is 11.8 Å². The number of aromatic nitrogens is 3. The van der Waals surface area contributed by atoms with Crippen molar-refractivity contribution < 1.29 is 5.11 Å². The van der Waals surface area contributed by atoms with Crippen LogP contribution in [0.3, 0.4) is 0 Å². The van der Waals surface area contributed by atoms with Gasteiger partial charge in [0.25, 0.3) is 0 Å². The Morgan fingerprint density at radius 1 is 1.50 bits per heavy atom. The predicted molar refractivity (Wildman–Crippen MR) is 55.5 cm³/mol. The van der Waals surface area contributed by atoms with Gasteiger partial charge in [0.15, 0.2) is 5.16 Å². The van der Waals surface area contributed by atoms with Crippen molar-refractivity contribution >= 4 is 11.8 Å². The lowest BCUT2D eigenvalue weighted by molar-refractivity contribution is 0.284. The molecule has 0 fully saturated rings. The number of hydrogen-bond donors (Lipinski definition) is 2. The summed E-state index contributed by atoms with van der Waals surface area (Å²) in [5, 5.41) is 15.5. The van der Waals surface area contributed by atoms with E-state index in [1.165, 1.54) is 4.57 Å². The van der Waals surface area contributed by atoms with Gasteiger partial charge in [-0.1, -0.05) is 18.2 Å². The maximum absolute atomic E-state index is 11.0. The number of rotatable bonds is 6. The van der Waals surface area contributed by atoms with Crippen molar-refractivity contribution in [2.75, 3.05) is 12.4 Å². The lowest BCUT2D eigenvalue weighted by atomic mass is 10.3. The van der Waals surface area contributed by atoms with Crippen LogP contribution in [0.2, 0.25) is 0 Å². The van der Waals surface area contributed by atoms with Gasteiger partial charge in [0.1, 0.15) is 0 Å². The van der Waals surface area contributed by atoms with E-state index in [2.05, 4.69) is 10.2 Å². The van der Waals surface area contributed by atoms with Crippen LogP contribution < -0.4 is 5.69 Å². The van der Waals surface area contributed by atoms with Gasteiger partial charge in [-0.05, 0) is 12.8 Å². The number of nitrogens with one attached hydrogen (secondary N) is 1. The highest BCUT2D eigenvalue weighted by Gasteiger charge is 2.03. The second-order valence-corrected chi connectivity index (χ2v) is 4.07. The van der Waals surface area contributed by atoms with E-state index in [4.69, 9.17) is 5.11 Å². The second-order valence-electron chi connectivity index (χ2n) is 3.00. The van der Waals surface area contributed by atoms with E-state index in [9.17, 15) is 4.79 Å². The zero-order valence-corrected chi connectivity index (χ0v) is 9.01. The van der Waals surface area contributed by atoms with Crippen LogP contribution in [0.25, 0.3) is 0 Å². The van der Waals surface area contributed by atoms with Crippen LogP contribution in [0.4, 0.5) is 0 Å². The lowest BCUT2D eigenvalue weighted by Crippen LogP contribution is -2.12. The van der Waals surface area contributed by atoms with Gasteiger partial charge in [0, 0.05) is 19.4 Å². The maximum atomic E-state index is 11.0. The van der Waals surface area contributed by atoms with Crippen LogP contribution in [-0.4, -0.2) is 32.2 Å².